The van der Waals surface area contributed by atoms with Gasteiger partial charge in [0.15, 0.2) is 16.0 Å². The summed E-state index contributed by atoms with van der Waals surface area (Å²) < 4.78 is 111. The quantitative estimate of drug-likeness (QED) is 0.232. The lowest BCUT2D eigenvalue weighted by molar-refractivity contribution is -0.137. The van der Waals surface area contributed by atoms with E-state index in [4.69, 9.17) is 4.98 Å². The van der Waals surface area contributed by atoms with E-state index in [0.717, 1.165) is 41.1 Å². The summed E-state index contributed by atoms with van der Waals surface area (Å²) in [6, 6.07) is 4.18. The van der Waals surface area contributed by atoms with Crippen molar-refractivity contribution in [3.63, 3.8) is 0 Å². The van der Waals surface area contributed by atoms with Crippen molar-refractivity contribution in [2.45, 2.75) is 108 Å². The van der Waals surface area contributed by atoms with Gasteiger partial charge in [-0.3, -0.25) is 4.98 Å². The number of sulfone groups is 1. The van der Waals surface area contributed by atoms with E-state index in [2.05, 4.69) is 35.6 Å². The number of alkyl halides is 6. The molecule has 0 amide bonds. The molecule has 14 heteroatoms. The van der Waals surface area contributed by atoms with Gasteiger partial charge in [0, 0.05) is 56.2 Å². The van der Waals surface area contributed by atoms with Crippen LogP contribution in [0.4, 0.5) is 38.0 Å². The second-order valence-electron chi connectivity index (χ2n) is 16.4. The van der Waals surface area contributed by atoms with Gasteiger partial charge in [-0.05, 0) is 84.6 Å². The molecule has 2 atom stereocenters. The van der Waals surface area contributed by atoms with Crippen molar-refractivity contribution in [1.29, 1.82) is 0 Å². The van der Waals surface area contributed by atoms with Crippen molar-refractivity contribution in [3.8, 4) is 0 Å². The Morgan fingerprint density at radius 1 is 0.849 bits per heavy atom. The maximum absolute atomic E-state index is 17.4. The van der Waals surface area contributed by atoms with Crippen LogP contribution in [-0.4, -0.2) is 67.0 Å². The van der Waals surface area contributed by atoms with E-state index in [-0.39, 0.29) is 65.9 Å². The third-order valence-corrected chi connectivity index (χ3v) is 13.4. The number of rotatable bonds is 6. The van der Waals surface area contributed by atoms with Crippen LogP contribution in [0.5, 0.6) is 0 Å². The Labute approximate surface area is 307 Å². The summed E-state index contributed by atoms with van der Waals surface area (Å²) in [6.07, 6.45) is -0.479. The average Bonchev–Trinajstić information content (AvgIpc) is 3.10. The Bertz CT molecular complexity index is 1890. The molecule has 1 saturated carbocycles. The predicted octanol–water partition coefficient (Wildman–Crippen LogP) is 8.94. The molecule has 4 aliphatic rings. The lowest BCUT2D eigenvalue weighted by atomic mass is 9.66. The van der Waals surface area contributed by atoms with Gasteiger partial charge in [-0.15, -0.1) is 0 Å². The normalized spacial score (nSPS) is 24.1. The molecule has 7 rings (SSSR count). The summed E-state index contributed by atoms with van der Waals surface area (Å²) in [5.41, 5.74) is 3.41. The summed E-state index contributed by atoms with van der Waals surface area (Å²) in [5.74, 6) is -2.58. The summed E-state index contributed by atoms with van der Waals surface area (Å²) in [5, 5.41) is 0. The third-order valence-electron chi connectivity index (χ3n) is 11.8. The topological polar surface area (TPSA) is 79.3 Å². The molecule has 0 N–H and O–H groups in total. The van der Waals surface area contributed by atoms with Crippen molar-refractivity contribution in [1.82, 2.24) is 15.0 Å². The van der Waals surface area contributed by atoms with Crippen LogP contribution in [0.3, 0.4) is 0 Å². The lowest BCUT2D eigenvalue weighted by Gasteiger charge is -2.41. The summed E-state index contributed by atoms with van der Waals surface area (Å²) in [7, 11) is -3.03. The first-order valence-corrected chi connectivity index (χ1v) is 20.5. The largest absolute Gasteiger partial charge is 0.416 e. The fraction of sp³-hybridized carbons (Fsp3) is 0.615. The van der Waals surface area contributed by atoms with E-state index in [9.17, 15) is 30.4 Å². The number of hydrogen-bond acceptors (Lipinski definition) is 7. The van der Waals surface area contributed by atoms with Crippen molar-refractivity contribution >= 4 is 21.5 Å². The summed E-state index contributed by atoms with van der Waals surface area (Å²) in [4.78, 5) is 18.5. The first-order valence-electron chi connectivity index (χ1n) is 18.7. The lowest BCUT2D eigenvalue weighted by Crippen LogP contribution is -2.40. The molecule has 2 aliphatic carbocycles. The minimum atomic E-state index is -4.57. The van der Waals surface area contributed by atoms with Crippen LogP contribution in [0.15, 0.2) is 36.7 Å². The van der Waals surface area contributed by atoms with Crippen molar-refractivity contribution in [3.05, 3.63) is 75.9 Å². The third kappa shape index (κ3) is 8.03. The Kier molecular flexibility index (Phi) is 10.0. The molecule has 0 spiro atoms. The molecule has 2 aliphatic heterocycles. The number of piperidine rings is 1. The standard InChI is InChI=1S/C39H47F6N5O2S/c1-24-20-37(2,3)21-30-31(24)32(25-8-12-38(41,42)13-9-25)33(34(40)26-4-6-28(7-5-26)39(43,44)45)35(48-30)27-10-14-50(15-11-27)36-46-22-29(23-47-36)49-16-18-53(51,52)19-17-49/h4-7,22-25,27,34H,8-21H2,1-3H3/t24-,34-/m0/s1. The van der Waals surface area contributed by atoms with E-state index in [1.807, 2.05) is 4.90 Å². The number of aromatic nitrogens is 3. The molecule has 2 aromatic heterocycles. The number of hydrogen-bond donors (Lipinski definition) is 0. The highest BCUT2D eigenvalue weighted by atomic mass is 32.2. The number of fused-ring (bicyclic) bond motifs is 1. The van der Waals surface area contributed by atoms with Gasteiger partial charge < -0.3 is 9.80 Å². The number of benzene rings is 1. The van der Waals surface area contributed by atoms with E-state index >= 15 is 4.39 Å². The monoisotopic (exact) mass is 763 g/mol. The molecule has 288 valence electrons. The first-order chi connectivity index (χ1) is 24.9. The number of nitrogens with zero attached hydrogens (tertiary/aromatic N) is 5. The van der Waals surface area contributed by atoms with Crippen molar-refractivity contribution < 1.29 is 34.8 Å². The zero-order valence-corrected chi connectivity index (χ0v) is 31.2. The zero-order valence-electron chi connectivity index (χ0n) is 30.4. The molecule has 1 aromatic carbocycles. The number of anilines is 2. The van der Waals surface area contributed by atoms with Crippen LogP contribution in [0.1, 0.15) is 129 Å². The Morgan fingerprint density at radius 3 is 2.04 bits per heavy atom. The minimum absolute atomic E-state index is 0.00241. The molecule has 7 nitrogen and oxygen atoms in total. The van der Waals surface area contributed by atoms with Crippen LogP contribution >= 0.6 is 0 Å². The fourth-order valence-corrected chi connectivity index (χ4v) is 10.4. The molecule has 53 heavy (non-hydrogen) atoms. The van der Waals surface area contributed by atoms with Crippen LogP contribution in [-0.2, 0) is 22.4 Å². The molecular formula is C39H47F6N5O2S. The van der Waals surface area contributed by atoms with E-state index in [1.165, 1.54) is 12.1 Å². The second kappa shape index (κ2) is 14.0. The maximum Gasteiger partial charge on any atom is 0.416 e. The van der Waals surface area contributed by atoms with E-state index in [0.29, 0.717) is 62.6 Å². The molecular weight excluding hydrogens is 717 g/mol. The molecule has 3 fully saturated rings. The summed E-state index contributed by atoms with van der Waals surface area (Å²) in [6.45, 7) is 8.32. The molecule has 3 aromatic rings. The molecule has 2 saturated heterocycles. The molecule has 0 unspecified atom stereocenters. The van der Waals surface area contributed by atoms with Gasteiger partial charge in [-0.1, -0.05) is 32.9 Å². The number of halogens is 6. The predicted molar refractivity (Wildman–Crippen MR) is 192 cm³/mol. The maximum atomic E-state index is 17.4. The smallest absolute Gasteiger partial charge is 0.367 e. The van der Waals surface area contributed by atoms with E-state index in [1.54, 1.807) is 12.4 Å². The summed E-state index contributed by atoms with van der Waals surface area (Å²) >= 11 is 0. The molecule has 0 bridgehead atoms. The molecule has 0 radical (unpaired) electrons. The fourth-order valence-electron chi connectivity index (χ4n) is 9.16. The zero-order chi connectivity index (χ0) is 37.9. The van der Waals surface area contributed by atoms with Gasteiger partial charge in [0.25, 0.3) is 0 Å². The van der Waals surface area contributed by atoms with Crippen molar-refractivity contribution in [2.75, 3.05) is 47.5 Å². The van der Waals surface area contributed by atoms with Crippen molar-refractivity contribution in [2.24, 2.45) is 5.41 Å². The number of pyridine rings is 1. The van der Waals surface area contributed by atoms with Gasteiger partial charge in [-0.2, -0.15) is 13.2 Å². The van der Waals surface area contributed by atoms with Crippen LogP contribution in [0.2, 0.25) is 0 Å². The average molecular weight is 764 g/mol. The Balaban J connectivity index is 1.24. The Hall–Kier alpha value is -3.42. The highest BCUT2D eigenvalue weighted by Gasteiger charge is 2.43. The highest BCUT2D eigenvalue weighted by Crippen LogP contribution is 2.53. The highest BCUT2D eigenvalue weighted by molar-refractivity contribution is 7.91. The Morgan fingerprint density at radius 2 is 1.45 bits per heavy atom. The first kappa shape index (κ1) is 37.9. The van der Waals surface area contributed by atoms with E-state index < -0.39 is 33.7 Å². The van der Waals surface area contributed by atoms with Gasteiger partial charge in [0.05, 0.1) is 40.8 Å². The van der Waals surface area contributed by atoms with Crippen LogP contribution in [0.25, 0.3) is 0 Å². The SMILES string of the molecule is C[C@H]1CC(C)(C)Cc2nc(C3CCN(c4ncc(N5CCS(=O)(=O)CC5)cn4)CC3)c([C@@H](F)c3ccc(C(F)(F)F)cc3)c(C3CCC(F)(F)CC3)c21. The minimum Gasteiger partial charge on any atom is -0.367 e. The van der Waals surface area contributed by atoms with Crippen LogP contribution < -0.4 is 9.80 Å². The van der Waals surface area contributed by atoms with Gasteiger partial charge in [0.1, 0.15) is 0 Å². The van der Waals surface area contributed by atoms with Crippen LogP contribution in [0, 0.1) is 5.41 Å². The van der Waals surface area contributed by atoms with Gasteiger partial charge in [0.2, 0.25) is 11.9 Å². The van der Waals surface area contributed by atoms with Gasteiger partial charge >= 0.3 is 6.18 Å². The second-order valence-corrected chi connectivity index (χ2v) is 18.7. The van der Waals surface area contributed by atoms with Gasteiger partial charge in [-0.25, -0.2) is 31.6 Å². The molecule has 4 heterocycles.